The fraction of sp³-hybridized carbons (Fsp3) is 0.143. The Kier molecular flexibility index (Phi) is 3.19. The molecule has 0 saturated heterocycles. The Balaban J connectivity index is 2.13. The Hall–Kier alpha value is -2.67. The maximum Gasteiger partial charge on any atom is 0.279 e. The lowest BCUT2D eigenvalue weighted by Gasteiger charge is -2.13. The number of aliphatic hydroxyl groups excluding tert-OH is 1. The van der Waals surface area contributed by atoms with E-state index in [1.165, 1.54) is 30.3 Å². The van der Waals surface area contributed by atoms with Crippen molar-refractivity contribution in [2.45, 2.75) is 6.10 Å². The molecule has 1 aliphatic heterocycles. The van der Waals surface area contributed by atoms with Gasteiger partial charge in [-0.3, -0.25) is 10.1 Å². The Bertz CT molecular complexity index is 719. The lowest BCUT2D eigenvalue weighted by molar-refractivity contribution is -0.386. The van der Waals surface area contributed by atoms with Gasteiger partial charge in [0.2, 0.25) is 6.79 Å². The molecular formula is C14H10FNO5. The van der Waals surface area contributed by atoms with E-state index in [1.807, 2.05) is 0 Å². The van der Waals surface area contributed by atoms with Crippen molar-refractivity contribution in [3.05, 3.63) is 63.5 Å². The highest BCUT2D eigenvalue weighted by Crippen LogP contribution is 2.41. The smallest absolute Gasteiger partial charge is 0.279 e. The van der Waals surface area contributed by atoms with Gasteiger partial charge in [0.25, 0.3) is 5.69 Å². The van der Waals surface area contributed by atoms with Crippen LogP contribution in [0.4, 0.5) is 10.1 Å². The average molecular weight is 291 g/mol. The molecule has 108 valence electrons. The fourth-order valence-electron chi connectivity index (χ4n) is 2.19. The van der Waals surface area contributed by atoms with E-state index < -0.39 is 16.8 Å². The summed E-state index contributed by atoms with van der Waals surface area (Å²) < 4.78 is 24.0. The van der Waals surface area contributed by atoms with Gasteiger partial charge in [-0.15, -0.1) is 0 Å². The number of benzene rings is 2. The monoisotopic (exact) mass is 291 g/mol. The van der Waals surface area contributed by atoms with Crippen LogP contribution in [0.1, 0.15) is 17.2 Å². The van der Waals surface area contributed by atoms with Crippen molar-refractivity contribution < 1.29 is 23.9 Å². The molecule has 0 amide bonds. The summed E-state index contributed by atoms with van der Waals surface area (Å²) >= 11 is 0. The first-order valence-electron chi connectivity index (χ1n) is 6.08. The van der Waals surface area contributed by atoms with Crippen molar-refractivity contribution in [3.8, 4) is 11.5 Å². The average Bonchev–Trinajstić information content (AvgIpc) is 2.93. The van der Waals surface area contributed by atoms with Crippen LogP contribution in [0, 0.1) is 15.9 Å². The van der Waals surface area contributed by atoms with Crippen molar-refractivity contribution in [3.63, 3.8) is 0 Å². The van der Waals surface area contributed by atoms with E-state index in [0.29, 0.717) is 0 Å². The van der Waals surface area contributed by atoms with E-state index in [4.69, 9.17) is 9.47 Å². The first kappa shape index (κ1) is 13.3. The maximum absolute atomic E-state index is 13.7. The van der Waals surface area contributed by atoms with E-state index in [1.54, 1.807) is 6.07 Å². The summed E-state index contributed by atoms with van der Waals surface area (Å²) in [4.78, 5) is 10.5. The highest BCUT2D eigenvalue weighted by molar-refractivity contribution is 5.57. The van der Waals surface area contributed by atoms with E-state index in [9.17, 15) is 19.6 Å². The first-order chi connectivity index (χ1) is 10.1. The van der Waals surface area contributed by atoms with Crippen molar-refractivity contribution in [1.82, 2.24) is 0 Å². The molecule has 1 N–H and O–H groups in total. The summed E-state index contributed by atoms with van der Waals surface area (Å²) in [7, 11) is 0. The molecule has 1 aliphatic rings. The third kappa shape index (κ3) is 2.27. The SMILES string of the molecule is O=[N+]([O-])c1cc2c(cc1C(O)c1ccccc1F)OCO2. The summed E-state index contributed by atoms with van der Waals surface area (Å²) in [5.41, 5.74) is -0.441. The Morgan fingerprint density at radius 2 is 1.86 bits per heavy atom. The topological polar surface area (TPSA) is 81.8 Å². The summed E-state index contributed by atoms with van der Waals surface area (Å²) in [5.74, 6) is -0.130. The van der Waals surface area contributed by atoms with Gasteiger partial charge in [-0.05, 0) is 12.1 Å². The van der Waals surface area contributed by atoms with Crippen LogP contribution in [0.3, 0.4) is 0 Å². The minimum absolute atomic E-state index is 0.0422. The van der Waals surface area contributed by atoms with Gasteiger partial charge in [0.15, 0.2) is 11.5 Å². The van der Waals surface area contributed by atoms with Gasteiger partial charge in [0.1, 0.15) is 11.9 Å². The molecule has 21 heavy (non-hydrogen) atoms. The zero-order chi connectivity index (χ0) is 15.0. The van der Waals surface area contributed by atoms with Crippen LogP contribution in [0.25, 0.3) is 0 Å². The second-order valence-corrected chi connectivity index (χ2v) is 4.45. The van der Waals surface area contributed by atoms with Gasteiger partial charge in [-0.2, -0.15) is 0 Å². The molecule has 6 nitrogen and oxygen atoms in total. The number of hydrogen-bond donors (Lipinski definition) is 1. The molecule has 7 heteroatoms. The van der Waals surface area contributed by atoms with Crippen molar-refractivity contribution in [1.29, 1.82) is 0 Å². The van der Waals surface area contributed by atoms with Gasteiger partial charge in [0, 0.05) is 5.56 Å². The molecule has 0 radical (unpaired) electrons. The van der Waals surface area contributed by atoms with Gasteiger partial charge < -0.3 is 14.6 Å². The molecular weight excluding hydrogens is 281 g/mol. The molecule has 0 spiro atoms. The van der Waals surface area contributed by atoms with Crippen LogP contribution in [0.15, 0.2) is 36.4 Å². The fourth-order valence-corrected chi connectivity index (χ4v) is 2.19. The number of fused-ring (bicyclic) bond motifs is 1. The number of aliphatic hydroxyl groups is 1. The number of nitro benzene ring substituents is 1. The second kappa shape index (κ2) is 5.02. The zero-order valence-electron chi connectivity index (χ0n) is 10.7. The largest absolute Gasteiger partial charge is 0.454 e. The molecule has 3 rings (SSSR count). The highest BCUT2D eigenvalue weighted by Gasteiger charge is 2.29. The van der Waals surface area contributed by atoms with E-state index in [-0.39, 0.29) is 35.1 Å². The molecule has 0 bridgehead atoms. The maximum atomic E-state index is 13.7. The van der Waals surface area contributed by atoms with Crippen LogP contribution in [0.5, 0.6) is 11.5 Å². The Morgan fingerprint density at radius 1 is 1.19 bits per heavy atom. The predicted molar refractivity (Wildman–Crippen MR) is 69.7 cm³/mol. The van der Waals surface area contributed by atoms with Crippen molar-refractivity contribution in [2.24, 2.45) is 0 Å². The van der Waals surface area contributed by atoms with Crippen molar-refractivity contribution >= 4 is 5.69 Å². The molecule has 0 saturated carbocycles. The number of rotatable bonds is 3. The predicted octanol–water partition coefficient (Wildman–Crippen LogP) is 2.54. The summed E-state index contributed by atoms with van der Waals surface area (Å²) in [6.07, 6.45) is -1.47. The molecule has 0 aromatic heterocycles. The van der Waals surface area contributed by atoms with Gasteiger partial charge in [0.05, 0.1) is 16.6 Å². The third-order valence-electron chi connectivity index (χ3n) is 3.21. The molecule has 2 aromatic rings. The van der Waals surface area contributed by atoms with Crippen LogP contribution < -0.4 is 9.47 Å². The van der Waals surface area contributed by atoms with Crippen LogP contribution in [-0.4, -0.2) is 16.8 Å². The van der Waals surface area contributed by atoms with Gasteiger partial charge in [-0.25, -0.2) is 4.39 Å². The van der Waals surface area contributed by atoms with Crippen molar-refractivity contribution in [2.75, 3.05) is 6.79 Å². The number of ether oxygens (including phenoxy) is 2. The molecule has 1 heterocycles. The number of halogens is 1. The molecule has 0 fully saturated rings. The van der Waals surface area contributed by atoms with Gasteiger partial charge >= 0.3 is 0 Å². The molecule has 1 unspecified atom stereocenters. The van der Waals surface area contributed by atoms with E-state index in [2.05, 4.69) is 0 Å². The Labute approximate surface area is 118 Å². The third-order valence-corrected chi connectivity index (χ3v) is 3.21. The summed E-state index contributed by atoms with van der Waals surface area (Å²) in [6.45, 7) is -0.0499. The second-order valence-electron chi connectivity index (χ2n) is 4.45. The first-order valence-corrected chi connectivity index (χ1v) is 6.08. The number of hydrogen-bond acceptors (Lipinski definition) is 5. The minimum atomic E-state index is -1.47. The number of nitro groups is 1. The van der Waals surface area contributed by atoms with Crippen LogP contribution in [-0.2, 0) is 0 Å². The standard InChI is InChI=1S/C14H10FNO5/c15-10-4-2-1-3-8(10)14(17)9-5-12-13(21-7-20-12)6-11(9)16(18)19/h1-6,14,17H,7H2. The normalized spacial score (nSPS) is 14.0. The Morgan fingerprint density at radius 3 is 2.52 bits per heavy atom. The number of nitrogens with zero attached hydrogens (tertiary/aromatic N) is 1. The van der Waals surface area contributed by atoms with E-state index >= 15 is 0 Å². The summed E-state index contributed by atoms with van der Waals surface area (Å²) in [6, 6.07) is 8.03. The molecule has 0 aliphatic carbocycles. The van der Waals surface area contributed by atoms with E-state index in [0.717, 1.165) is 0 Å². The quantitative estimate of drug-likeness (QED) is 0.694. The zero-order valence-corrected chi connectivity index (χ0v) is 10.7. The lowest BCUT2D eigenvalue weighted by atomic mass is 9.99. The minimum Gasteiger partial charge on any atom is -0.454 e. The molecule has 1 atom stereocenters. The summed E-state index contributed by atoms with van der Waals surface area (Å²) in [5, 5.41) is 21.4. The van der Waals surface area contributed by atoms with Crippen LogP contribution in [0.2, 0.25) is 0 Å². The van der Waals surface area contributed by atoms with Gasteiger partial charge in [-0.1, -0.05) is 18.2 Å². The molecule has 2 aromatic carbocycles. The highest BCUT2D eigenvalue weighted by atomic mass is 19.1. The lowest BCUT2D eigenvalue weighted by Crippen LogP contribution is -2.06. The van der Waals surface area contributed by atoms with Crippen LogP contribution >= 0.6 is 0 Å².